The number of nitrogens with two attached hydrogens (primary N) is 1. The Morgan fingerprint density at radius 1 is 1.10 bits per heavy atom. The summed E-state index contributed by atoms with van der Waals surface area (Å²) >= 11 is 0. The number of hydrogen-bond acceptors (Lipinski definition) is 4. The highest BCUT2D eigenvalue weighted by molar-refractivity contribution is 5.47. The molecule has 5 heteroatoms. The molecule has 0 bridgehead atoms. The number of halogens is 1. The summed E-state index contributed by atoms with van der Waals surface area (Å²) in [7, 11) is 0. The molecule has 0 spiro atoms. The lowest BCUT2D eigenvalue weighted by Crippen LogP contribution is -2.46. The highest BCUT2D eigenvalue weighted by Crippen LogP contribution is 2.18. The average molecular weight is 286 g/mol. The number of aromatic nitrogens is 1. The maximum absolute atomic E-state index is 13.1. The second-order valence-electron chi connectivity index (χ2n) is 5.29. The SMILES string of the molecule is Nc1cc(F)ccc1CN1CCN(c2ccccn2)CC1. The van der Waals surface area contributed by atoms with E-state index in [1.807, 2.05) is 24.4 Å². The van der Waals surface area contributed by atoms with Gasteiger partial charge in [0.2, 0.25) is 0 Å². The smallest absolute Gasteiger partial charge is 0.128 e. The van der Waals surface area contributed by atoms with Crippen molar-refractivity contribution < 1.29 is 4.39 Å². The van der Waals surface area contributed by atoms with Crippen LogP contribution in [0.1, 0.15) is 5.56 Å². The van der Waals surface area contributed by atoms with Crippen LogP contribution in [0.4, 0.5) is 15.9 Å². The van der Waals surface area contributed by atoms with E-state index in [1.165, 1.54) is 12.1 Å². The van der Waals surface area contributed by atoms with Crippen LogP contribution in [0.3, 0.4) is 0 Å². The van der Waals surface area contributed by atoms with Gasteiger partial charge in [0.05, 0.1) is 0 Å². The van der Waals surface area contributed by atoms with Crippen molar-refractivity contribution in [3.05, 3.63) is 54.0 Å². The van der Waals surface area contributed by atoms with Crippen molar-refractivity contribution in [2.24, 2.45) is 0 Å². The molecule has 0 radical (unpaired) electrons. The maximum atomic E-state index is 13.1. The summed E-state index contributed by atoms with van der Waals surface area (Å²) in [5.74, 6) is 0.745. The van der Waals surface area contributed by atoms with Crippen LogP contribution in [-0.4, -0.2) is 36.1 Å². The van der Waals surface area contributed by atoms with Crippen LogP contribution < -0.4 is 10.6 Å². The Kier molecular flexibility index (Phi) is 4.01. The van der Waals surface area contributed by atoms with Crippen molar-refractivity contribution in [3.63, 3.8) is 0 Å². The standard InChI is InChI=1S/C16H19FN4/c17-14-5-4-13(15(18)11-14)12-20-7-9-21(10-8-20)16-3-1-2-6-19-16/h1-6,11H,7-10,12,18H2. The molecule has 1 saturated heterocycles. The van der Waals surface area contributed by atoms with E-state index in [2.05, 4.69) is 14.8 Å². The van der Waals surface area contributed by atoms with E-state index in [-0.39, 0.29) is 5.82 Å². The molecule has 3 rings (SSSR count). The molecular weight excluding hydrogens is 267 g/mol. The first-order valence-corrected chi connectivity index (χ1v) is 7.14. The van der Waals surface area contributed by atoms with Gasteiger partial charge in [0.15, 0.2) is 0 Å². The second kappa shape index (κ2) is 6.10. The molecule has 2 aromatic rings. The molecule has 4 nitrogen and oxygen atoms in total. The number of piperazine rings is 1. The number of nitrogen functional groups attached to an aromatic ring is 1. The molecule has 110 valence electrons. The van der Waals surface area contributed by atoms with Gasteiger partial charge in [0.1, 0.15) is 11.6 Å². The molecule has 0 saturated carbocycles. The Balaban J connectivity index is 1.59. The van der Waals surface area contributed by atoms with Gasteiger partial charge in [-0.3, -0.25) is 4.90 Å². The minimum absolute atomic E-state index is 0.281. The highest BCUT2D eigenvalue weighted by Gasteiger charge is 2.18. The predicted octanol–water partition coefficient (Wildman–Crippen LogP) is 2.13. The molecule has 0 amide bonds. The predicted molar refractivity (Wildman–Crippen MR) is 82.5 cm³/mol. The average Bonchev–Trinajstić information content (AvgIpc) is 2.52. The fraction of sp³-hybridized carbons (Fsp3) is 0.312. The van der Waals surface area contributed by atoms with Gasteiger partial charge in [-0.05, 0) is 29.8 Å². The molecule has 1 aliphatic rings. The molecule has 1 aromatic carbocycles. The van der Waals surface area contributed by atoms with Crippen molar-refractivity contribution in [1.29, 1.82) is 0 Å². The Morgan fingerprint density at radius 2 is 1.90 bits per heavy atom. The van der Waals surface area contributed by atoms with Gasteiger partial charge >= 0.3 is 0 Å². The van der Waals surface area contributed by atoms with Gasteiger partial charge in [-0.1, -0.05) is 12.1 Å². The van der Waals surface area contributed by atoms with E-state index in [0.717, 1.165) is 44.1 Å². The van der Waals surface area contributed by atoms with E-state index in [9.17, 15) is 4.39 Å². The molecule has 1 fully saturated rings. The molecule has 2 heterocycles. The minimum atomic E-state index is -0.281. The van der Waals surface area contributed by atoms with Crippen LogP contribution in [-0.2, 0) is 6.54 Å². The van der Waals surface area contributed by atoms with Gasteiger partial charge in [-0.25, -0.2) is 9.37 Å². The number of benzene rings is 1. The number of nitrogens with zero attached hydrogens (tertiary/aromatic N) is 3. The second-order valence-corrected chi connectivity index (χ2v) is 5.29. The zero-order valence-corrected chi connectivity index (χ0v) is 11.9. The van der Waals surface area contributed by atoms with Crippen LogP contribution >= 0.6 is 0 Å². The third kappa shape index (κ3) is 3.31. The topological polar surface area (TPSA) is 45.4 Å². The zero-order valence-electron chi connectivity index (χ0n) is 11.9. The Bertz CT molecular complexity index is 594. The minimum Gasteiger partial charge on any atom is -0.398 e. The van der Waals surface area contributed by atoms with E-state index in [0.29, 0.717) is 5.69 Å². The van der Waals surface area contributed by atoms with Crippen LogP contribution in [0, 0.1) is 5.82 Å². The molecule has 1 aromatic heterocycles. The molecular formula is C16H19FN4. The molecule has 0 unspecified atom stereocenters. The summed E-state index contributed by atoms with van der Waals surface area (Å²) in [5.41, 5.74) is 7.39. The summed E-state index contributed by atoms with van der Waals surface area (Å²) in [4.78, 5) is 9.00. The van der Waals surface area contributed by atoms with E-state index in [1.54, 1.807) is 6.07 Å². The van der Waals surface area contributed by atoms with E-state index < -0.39 is 0 Å². The Labute approximate surface area is 124 Å². The monoisotopic (exact) mass is 286 g/mol. The van der Waals surface area contributed by atoms with Crippen LogP contribution in [0.15, 0.2) is 42.6 Å². The first kappa shape index (κ1) is 13.8. The lowest BCUT2D eigenvalue weighted by molar-refractivity contribution is 0.249. The van der Waals surface area contributed by atoms with Crippen LogP contribution in [0.25, 0.3) is 0 Å². The molecule has 0 atom stereocenters. The summed E-state index contributed by atoms with van der Waals surface area (Å²) in [6.07, 6.45) is 1.82. The van der Waals surface area contributed by atoms with Crippen molar-refractivity contribution in [3.8, 4) is 0 Å². The van der Waals surface area contributed by atoms with Crippen molar-refractivity contribution in [2.45, 2.75) is 6.54 Å². The number of pyridine rings is 1. The van der Waals surface area contributed by atoms with Crippen LogP contribution in [0.2, 0.25) is 0 Å². The van der Waals surface area contributed by atoms with Gasteiger partial charge in [0.25, 0.3) is 0 Å². The zero-order chi connectivity index (χ0) is 14.7. The van der Waals surface area contributed by atoms with Gasteiger partial charge in [-0.15, -0.1) is 0 Å². The molecule has 0 aliphatic carbocycles. The van der Waals surface area contributed by atoms with E-state index >= 15 is 0 Å². The fourth-order valence-corrected chi connectivity index (χ4v) is 2.63. The fourth-order valence-electron chi connectivity index (χ4n) is 2.63. The van der Waals surface area contributed by atoms with E-state index in [4.69, 9.17) is 5.73 Å². The number of anilines is 2. The van der Waals surface area contributed by atoms with Crippen molar-refractivity contribution in [2.75, 3.05) is 36.8 Å². The number of hydrogen-bond donors (Lipinski definition) is 1. The summed E-state index contributed by atoms with van der Waals surface area (Å²) in [5, 5.41) is 0. The third-order valence-corrected chi connectivity index (χ3v) is 3.85. The maximum Gasteiger partial charge on any atom is 0.128 e. The summed E-state index contributed by atoms with van der Waals surface area (Å²) in [6, 6.07) is 10.6. The number of rotatable bonds is 3. The third-order valence-electron chi connectivity index (χ3n) is 3.85. The molecule has 2 N–H and O–H groups in total. The highest BCUT2D eigenvalue weighted by atomic mass is 19.1. The molecule has 21 heavy (non-hydrogen) atoms. The van der Waals surface area contributed by atoms with Crippen molar-refractivity contribution >= 4 is 11.5 Å². The Hall–Kier alpha value is -2.14. The van der Waals surface area contributed by atoms with Gasteiger partial charge in [-0.2, -0.15) is 0 Å². The lowest BCUT2D eigenvalue weighted by atomic mass is 10.1. The summed E-state index contributed by atoms with van der Waals surface area (Å²) in [6.45, 7) is 4.55. The summed E-state index contributed by atoms with van der Waals surface area (Å²) < 4.78 is 13.1. The van der Waals surface area contributed by atoms with Crippen molar-refractivity contribution in [1.82, 2.24) is 9.88 Å². The molecule has 1 aliphatic heterocycles. The van der Waals surface area contributed by atoms with Gasteiger partial charge in [0, 0.05) is 44.6 Å². The largest absolute Gasteiger partial charge is 0.398 e. The normalized spacial score (nSPS) is 16.1. The van der Waals surface area contributed by atoms with Gasteiger partial charge < -0.3 is 10.6 Å². The Morgan fingerprint density at radius 3 is 2.57 bits per heavy atom. The van der Waals surface area contributed by atoms with Crippen LogP contribution in [0.5, 0.6) is 0 Å². The first-order valence-electron chi connectivity index (χ1n) is 7.14. The first-order chi connectivity index (χ1) is 10.2. The quantitative estimate of drug-likeness (QED) is 0.878. The lowest BCUT2D eigenvalue weighted by Gasteiger charge is -2.35.